The van der Waals surface area contributed by atoms with Gasteiger partial charge in [0.25, 0.3) is 0 Å². The molecule has 0 amide bonds. The number of unbranched alkanes of at least 4 members (excludes halogenated alkanes) is 40. The van der Waals surface area contributed by atoms with Crippen LogP contribution < -0.4 is 0 Å². The topological polar surface area (TPSA) is 55.8 Å². The molecule has 7 heteroatoms. The second-order valence-electron chi connectivity index (χ2n) is 24.3. The van der Waals surface area contributed by atoms with E-state index < -0.39 is 21.5 Å². The van der Waals surface area contributed by atoms with Crippen LogP contribution in [0.25, 0.3) is 0 Å². The van der Waals surface area contributed by atoms with Gasteiger partial charge in [-0.15, -0.1) is 0 Å². The van der Waals surface area contributed by atoms with Crippen LogP contribution in [0.3, 0.4) is 0 Å². The third-order valence-corrected chi connectivity index (χ3v) is 34.2. The Hall–Kier alpha value is 0.970. The van der Waals surface area contributed by atoms with Crippen LogP contribution in [-0.4, -0.2) is 54.2 Å². The van der Waals surface area contributed by atoms with E-state index in [-0.39, 0.29) is 0 Å². The van der Waals surface area contributed by atoms with Crippen molar-refractivity contribution in [2.24, 2.45) is 0 Å². The van der Waals surface area contributed by atoms with E-state index in [1.54, 1.807) is 0 Å². The summed E-state index contributed by atoms with van der Waals surface area (Å²) >= 11 is 0. The van der Waals surface area contributed by atoms with Crippen molar-refractivity contribution in [1.82, 2.24) is 0 Å². The molecule has 0 aliphatic carbocycles. The van der Waals surface area contributed by atoms with Gasteiger partial charge >= 0.3 is 452 Å². The van der Waals surface area contributed by atoms with Crippen LogP contribution in [0.15, 0.2) is 0 Å². The summed E-state index contributed by atoms with van der Waals surface area (Å²) in [6.45, 7) is 12.1. The van der Waals surface area contributed by atoms with E-state index in [1.807, 2.05) is 0 Å². The Labute approximate surface area is 450 Å². The second kappa shape index (κ2) is 48.1. The summed E-state index contributed by atoms with van der Waals surface area (Å²) in [5.41, 5.74) is 0. The summed E-state index contributed by atoms with van der Waals surface area (Å²) in [4.78, 5) is 13.5. The first-order valence-corrected chi connectivity index (χ1v) is 40.6. The zero-order valence-electron chi connectivity index (χ0n) is 50.6. The maximum atomic E-state index is 16.4. The van der Waals surface area contributed by atoms with E-state index in [4.69, 9.17) is 8.62 Å². The zero-order valence-corrected chi connectivity index (χ0v) is 53.3. The molecule has 0 saturated carbocycles. The fourth-order valence-electron chi connectivity index (χ4n) is 12.6. The fourth-order valence-corrected chi connectivity index (χ4v) is 31.1. The average molecular weight is 1060 g/mol. The standard InChI is InChI=1S/C64H137O4P3/c1-9-17-25-33-41-49-57-70(58-50-42-34-26-18-10-2,59-51-43-35-27-19-11-3,60-52-44-36-28-20-12-4)67-69(65,66)68-71(61-53-45-37-29-21-13-5,62-54-46-38-30-22-14-6,63-55-47-39-31-23-15-7)64-56-48-40-32-24-16-8/h9-64H2,1-8H3,(H,65,66). The van der Waals surface area contributed by atoms with E-state index >= 15 is 4.57 Å². The van der Waals surface area contributed by atoms with Gasteiger partial charge in [0.15, 0.2) is 0 Å². The van der Waals surface area contributed by atoms with Crippen LogP contribution in [0.2, 0.25) is 0 Å². The first-order chi connectivity index (χ1) is 34.5. The molecule has 0 aliphatic heterocycles. The molecular weight excluding hydrogens is 926 g/mol. The Morgan fingerprint density at radius 3 is 0.465 bits per heavy atom. The molecule has 0 spiro atoms. The van der Waals surface area contributed by atoms with Gasteiger partial charge in [0.2, 0.25) is 0 Å². The third kappa shape index (κ3) is 37.4. The summed E-state index contributed by atoms with van der Waals surface area (Å²) in [5.74, 6) is 0. The fraction of sp³-hybridized carbons (Fsp3) is 1.00. The first-order valence-electron chi connectivity index (χ1n) is 33.3. The molecule has 0 saturated heterocycles. The molecule has 4 nitrogen and oxygen atoms in total. The van der Waals surface area contributed by atoms with E-state index in [1.165, 1.54) is 257 Å². The Bertz CT molecular complexity index is 928. The van der Waals surface area contributed by atoms with Crippen molar-refractivity contribution in [1.29, 1.82) is 0 Å². The van der Waals surface area contributed by atoms with Crippen molar-refractivity contribution < 1.29 is 18.1 Å². The van der Waals surface area contributed by atoms with Gasteiger partial charge in [-0.05, 0) is 0 Å². The Balaban J connectivity index is 8.00. The molecule has 0 atom stereocenters. The summed E-state index contributed by atoms with van der Waals surface area (Å²) in [7, 11) is -4.48. The zero-order chi connectivity index (χ0) is 52.4. The van der Waals surface area contributed by atoms with E-state index in [0.29, 0.717) is 0 Å². The minimum absolute atomic E-state index is 1.05. The molecule has 0 aliphatic rings. The summed E-state index contributed by atoms with van der Waals surface area (Å²) in [6, 6.07) is 0. The quantitative estimate of drug-likeness (QED) is 0.0487. The van der Waals surface area contributed by atoms with Gasteiger partial charge in [-0.3, -0.25) is 0 Å². The Morgan fingerprint density at radius 2 is 0.338 bits per heavy atom. The van der Waals surface area contributed by atoms with Gasteiger partial charge in [-0.2, -0.15) is 0 Å². The van der Waals surface area contributed by atoms with Crippen LogP contribution in [0.1, 0.15) is 364 Å². The normalized spacial score (nSPS) is 14.4. The van der Waals surface area contributed by atoms with Crippen LogP contribution in [0.4, 0.5) is 0 Å². The van der Waals surface area contributed by atoms with Crippen LogP contribution in [0, 0.1) is 0 Å². The Kier molecular flexibility index (Phi) is 48.8. The van der Waals surface area contributed by atoms with Gasteiger partial charge < -0.3 is 0 Å². The number of hydrogen-bond donors (Lipinski definition) is 1. The molecule has 0 rings (SSSR count). The molecule has 1 N–H and O–H groups in total. The molecule has 0 heterocycles. The molecule has 0 radical (unpaired) electrons. The van der Waals surface area contributed by atoms with Crippen molar-refractivity contribution >= 4 is 21.5 Å². The van der Waals surface area contributed by atoms with Crippen molar-refractivity contribution in [3.05, 3.63) is 0 Å². The number of phosphoric acid groups is 1. The van der Waals surface area contributed by atoms with Gasteiger partial charge in [-0.25, -0.2) is 0 Å². The number of rotatable bonds is 60. The van der Waals surface area contributed by atoms with Crippen molar-refractivity contribution in [2.45, 2.75) is 364 Å². The summed E-state index contributed by atoms with van der Waals surface area (Å²) < 4.78 is 32.2. The third-order valence-electron chi connectivity index (χ3n) is 17.3. The molecule has 71 heavy (non-hydrogen) atoms. The van der Waals surface area contributed by atoms with Crippen molar-refractivity contribution in [3.8, 4) is 0 Å². The molecule has 432 valence electrons. The van der Waals surface area contributed by atoms with E-state index in [9.17, 15) is 4.89 Å². The van der Waals surface area contributed by atoms with Crippen LogP contribution in [0.5, 0.6) is 0 Å². The second-order valence-corrected chi connectivity index (χ2v) is 37.5. The average Bonchev–Trinajstić information content (AvgIpc) is 3.35. The summed E-state index contributed by atoms with van der Waals surface area (Å²) in [6.07, 6.45) is 68.8. The van der Waals surface area contributed by atoms with Gasteiger partial charge in [0.05, 0.1) is 0 Å². The monoisotopic (exact) mass is 1060 g/mol. The van der Waals surface area contributed by atoms with Crippen molar-refractivity contribution in [2.75, 3.05) is 49.3 Å². The first kappa shape index (κ1) is 72.0. The molecule has 0 aromatic rings. The Morgan fingerprint density at radius 1 is 0.225 bits per heavy atom. The van der Waals surface area contributed by atoms with Gasteiger partial charge in [0.1, 0.15) is 0 Å². The van der Waals surface area contributed by atoms with Crippen LogP contribution in [-0.2, 0) is 13.2 Å². The predicted octanol–water partition coefficient (Wildman–Crippen LogP) is 24.9. The van der Waals surface area contributed by atoms with Gasteiger partial charge in [0, 0.05) is 0 Å². The molecule has 0 aromatic heterocycles. The maximum absolute atomic E-state index is 16.4. The van der Waals surface area contributed by atoms with Crippen LogP contribution >= 0.6 is 21.5 Å². The van der Waals surface area contributed by atoms with E-state index in [0.717, 1.165) is 101 Å². The van der Waals surface area contributed by atoms with Gasteiger partial charge in [-0.1, -0.05) is 0 Å². The molecule has 0 fully saturated rings. The predicted molar refractivity (Wildman–Crippen MR) is 332 cm³/mol. The SMILES string of the molecule is CCCCCCCCP(CCCCCCCC)(CCCCCCCC)(CCCCCCCC)OP(=O)(O)OP(CCCCCCCC)(CCCCCCCC)(CCCCCCCC)CCCCCCCC. The molecule has 0 bridgehead atoms. The minimum atomic E-state index is -4.48. The van der Waals surface area contributed by atoms with Crippen molar-refractivity contribution in [3.63, 3.8) is 0 Å². The molecule has 0 aromatic carbocycles. The summed E-state index contributed by atoms with van der Waals surface area (Å²) in [5, 5.41) is 0. The number of hydrogen-bond acceptors (Lipinski definition) is 3. The molecule has 0 unspecified atom stereocenters. The molecular formula is C64H137O4P3. The van der Waals surface area contributed by atoms with E-state index in [2.05, 4.69) is 55.4 Å².